The molecule has 1 N–H and O–H groups in total. The van der Waals surface area contributed by atoms with Crippen molar-refractivity contribution in [2.45, 2.75) is 38.8 Å². The molecule has 0 fully saturated rings. The van der Waals surface area contributed by atoms with Gasteiger partial charge in [-0.25, -0.2) is 4.79 Å². The van der Waals surface area contributed by atoms with Gasteiger partial charge in [-0.1, -0.05) is 54.2 Å². The summed E-state index contributed by atoms with van der Waals surface area (Å²) in [5.41, 5.74) is 4.38. The largest absolute Gasteiger partial charge is 0.444 e. The Morgan fingerprint density at radius 1 is 1.15 bits per heavy atom. The number of aromatic nitrogens is 2. The van der Waals surface area contributed by atoms with Crippen molar-refractivity contribution in [2.24, 2.45) is 0 Å². The average Bonchev–Trinajstić information content (AvgIpc) is 3.21. The van der Waals surface area contributed by atoms with Gasteiger partial charge in [0.15, 0.2) is 5.58 Å². The van der Waals surface area contributed by atoms with Crippen LogP contribution in [0.3, 0.4) is 0 Å². The summed E-state index contributed by atoms with van der Waals surface area (Å²) in [6.45, 7) is 9.33. The lowest BCUT2D eigenvalue weighted by Gasteiger charge is -2.25. The number of pyridine rings is 1. The van der Waals surface area contributed by atoms with E-state index in [2.05, 4.69) is 22.0 Å². The summed E-state index contributed by atoms with van der Waals surface area (Å²) in [7, 11) is 0. The van der Waals surface area contributed by atoms with Crippen LogP contribution in [0.5, 0.6) is 0 Å². The van der Waals surface area contributed by atoms with E-state index in [0.29, 0.717) is 17.7 Å². The number of hydrogen-bond donors (Lipinski definition) is 1. The fourth-order valence-electron chi connectivity index (χ4n) is 3.71. The Kier molecular flexibility index (Phi) is 6.27. The first-order chi connectivity index (χ1) is 15.8. The first-order valence-electron chi connectivity index (χ1n) is 10.8. The molecule has 2 heterocycles. The number of carbonyl (C=O) groups excluding carboxylic acids is 1. The van der Waals surface area contributed by atoms with Gasteiger partial charge in [0.2, 0.25) is 0 Å². The van der Waals surface area contributed by atoms with E-state index >= 15 is 0 Å². The first kappa shape index (κ1) is 22.3. The predicted molar refractivity (Wildman–Crippen MR) is 130 cm³/mol. The Labute approximate surface area is 193 Å². The molecular weight excluding hydrogens is 414 g/mol. The molecule has 0 aliphatic heterocycles. The van der Waals surface area contributed by atoms with Gasteiger partial charge in [-0.15, -0.1) is 0 Å². The highest BCUT2D eigenvalue weighted by Crippen LogP contribution is 2.34. The van der Waals surface area contributed by atoms with Crippen LogP contribution in [-0.2, 0) is 11.2 Å². The van der Waals surface area contributed by atoms with Crippen molar-refractivity contribution in [3.05, 3.63) is 90.3 Å². The van der Waals surface area contributed by atoms with E-state index < -0.39 is 11.7 Å². The maximum atomic E-state index is 12.7. The minimum absolute atomic E-state index is 0.384. The number of nitrogens with one attached hydrogen (secondary N) is 1. The molecule has 4 aromatic rings. The standard InChI is InChI=1S/C27H27N3O3/c1-5-18-13-14-22-24(16-18)33-30-25(22)21-12-7-6-11-20(21)23(17-19-10-8-9-15-28-19)29-26(31)32-27(2,3)4/h5-16,23H,1,17H2,2-4H3,(H,29,31)/t23-/m0/s1. The summed E-state index contributed by atoms with van der Waals surface area (Å²) >= 11 is 0. The number of rotatable bonds is 6. The molecule has 0 unspecified atom stereocenters. The van der Waals surface area contributed by atoms with Gasteiger partial charge >= 0.3 is 6.09 Å². The number of benzene rings is 2. The Bertz CT molecular complexity index is 1270. The molecule has 1 amide bonds. The number of ether oxygens (including phenoxy) is 1. The van der Waals surface area contributed by atoms with Crippen molar-refractivity contribution >= 4 is 23.1 Å². The number of fused-ring (bicyclic) bond motifs is 1. The molecular formula is C27H27N3O3. The van der Waals surface area contributed by atoms with Crippen LogP contribution in [0.15, 0.2) is 78.0 Å². The Hall–Kier alpha value is -3.93. The third-order valence-corrected chi connectivity index (χ3v) is 5.15. The summed E-state index contributed by atoms with van der Waals surface area (Å²) in [6.07, 6.45) is 3.52. The summed E-state index contributed by atoms with van der Waals surface area (Å²) in [6, 6.07) is 19.1. The van der Waals surface area contributed by atoms with Crippen LogP contribution in [0.4, 0.5) is 4.79 Å². The molecule has 0 saturated heterocycles. The molecule has 168 valence electrons. The molecule has 2 aromatic carbocycles. The highest BCUT2D eigenvalue weighted by molar-refractivity contribution is 5.93. The highest BCUT2D eigenvalue weighted by atomic mass is 16.6. The smallest absolute Gasteiger partial charge is 0.408 e. The zero-order valence-electron chi connectivity index (χ0n) is 19.0. The van der Waals surface area contributed by atoms with Crippen LogP contribution >= 0.6 is 0 Å². The number of hydrogen-bond acceptors (Lipinski definition) is 5. The van der Waals surface area contributed by atoms with Crippen LogP contribution in [-0.4, -0.2) is 21.8 Å². The van der Waals surface area contributed by atoms with Crippen molar-refractivity contribution in [3.8, 4) is 11.3 Å². The van der Waals surface area contributed by atoms with Gasteiger partial charge < -0.3 is 14.6 Å². The third-order valence-electron chi connectivity index (χ3n) is 5.15. The normalized spacial score (nSPS) is 12.3. The number of carbonyl (C=O) groups is 1. The second-order valence-electron chi connectivity index (χ2n) is 8.80. The monoisotopic (exact) mass is 441 g/mol. The molecule has 0 radical (unpaired) electrons. The zero-order chi connectivity index (χ0) is 23.4. The van der Waals surface area contributed by atoms with Gasteiger partial charge in [0.05, 0.1) is 6.04 Å². The minimum atomic E-state index is -0.607. The van der Waals surface area contributed by atoms with Gasteiger partial charge in [-0.3, -0.25) is 4.98 Å². The van der Waals surface area contributed by atoms with E-state index in [4.69, 9.17) is 9.26 Å². The van der Waals surface area contributed by atoms with Crippen molar-refractivity contribution in [3.63, 3.8) is 0 Å². The van der Waals surface area contributed by atoms with E-state index in [1.165, 1.54) is 0 Å². The molecule has 33 heavy (non-hydrogen) atoms. The quantitative estimate of drug-likeness (QED) is 0.378. The summed E-state index contributed by atoms with van der Waals surface area (Å²) in [5, 5.41) is 8.29. The first-order valence-corrected chi connectivity index (χ1v) is 10.8. The van der Waals surface area contributed by atoms with Gasteiger partial charge in [0.25, 0.3) is 0 Å². The number of alkyl carbamates (subject to hydrolysis) is 1. The molecule has 0 bridgehead atoms. The van der Waals surface area contributed by atoms with Crippen molar-refractivity contribution < 1.29 is 14.1 Å². The molecule has 1 atom stereocenters. The summed E-state index contributed by atoms with van der Waals surface area (Å²) in [5.74, 6) is 0. The van der Waals surface area contributed by atoms with Crippen LogP contribution < -0.4 is 5.32 Å². The maximum absolute atomic E-state index is 12.7. The summed E-state index contributed by atoms with van der Waals surface area (Å²) in [4.78, 5) is 17.2. The van der Waals surface area contributed by atoms with Crippen LogP contribution in [0.2, 0.25) is 0 Å². The SMILES string of the molecule is C=Cc1ccc2c(-c3ccccc3[C@H](Cc3ccccn3)NC(=O)OC(C)(C)C)noc2c1. The number of nitrogens with zero attached hydrogens (tertiary/aromatic N) is 2. The van der Waals surface area contributed by atoms with E-state index in [1.807, 2.05) is 81.4 Å². The third kappa shape index (κ3) is 5.29. The second-order valence-corrected chi connectivity index (χ2v) is 8.80. The van der Waals surface area contributed by atoms with Gasteiger partial charge in [-0.2, -0.15) is 0 Å². The second kappa shape index (κ2) is 9.28. The minimum Gasteiger partial charge on any atom is -0.444 e. The number of amides is 1. The molecule has 0 aliphatic rings. The zero-order valence-corrected chi connectivity index (χ0v) is 19.0. The van der Waals surface area contributed by atoms with E-state index in [-0.39, 0.29) is 6.04 Å². The average molecular weight is 442 g/mol. The van der Waals surface area contributed by atoms with Crippen LogP contribution in [0, 0.1) is 0 Å². The van der Waals surface area contributed by atoms with Crippen LogP contribution in [0.1, 0.15) is 43.6 Å². The van der Waals surface area contributed by atoms with Gasteiger partial charge in [-0.05, 0) is 56.2 Å². The van der Waals surface area contributed by atoms with Gasteiger partial charge in [0.1, 0.15) is 11.3 Å². The molecule has 0 spiro atoms. The summed E-state index contributed by atoms with van der Waals surface area (Å²) < 4.78 is 11.2. The Morgan fingerprint density at radius 2 is 1.94 bits per heavy atom. The molecule has 2 aromatic heterocycles. The maximum Gasteiger partial charge on any atom is 0.408 e. The lowest BCUT2D eigenvalue weighted by Crippen LogP contribution is -2.36. The van der Waals surface area contributed by atoms with E-state index in [0.717, 1.165) is 27.8 Å². The topological polar surface area (TPSA) is 77.2 Å². The van der Waals surface area contributed by atoms with Gasteiger partial charge in [0, 0.05) is 29.3 Å². The lowest BCUT2D eigenvalue weighted by atomic mass is 9.93. The molecule has 6 heteroatoms. The Balaban J connectivity index is 1.76. The fourth-order valence-corrected chi connectivity index (χ4v) is 3.71. The molecule has 0 saturated carbocycles. The van der Waals surface area contributed by atoms with Crippen molar-refractivity contribution in [1.82, 2.24) is 15.5 Å². The molecule has 0 aliphatic carbocycles. The highest BCUT2D eigenvalue weighted by Gasteiger charge is 2.25. The van der Waals surface area contributed by atoms with E-state index in [1.54, 1.807) is 12.3 Å². The molecule has 6 nitrogen and oxygen atoms in total. The van der Waals surface area contributed by atoms with Crippen molar-refractivity contribution in [2.75, 3.05) is 0 Å². The molecule has 4 rings (SSSR count). The fraction of sp³-hybridized carbons (Fsp3) is 0.222. The van der Waals surface area contributed by atoms with Crippen molar-refractivity contribution in [1.29, 1.82) is 0 Å². The van der Waals surface area contributed by atoms with Crippen LogP contribution in [0.25, 0.3) is 28.3 Å². The predicted octanol–water partition coefficient (Wildman–Crippen LogP) is 6.34. The lowest BCUT2D eigenvalue weighted by molar-refractivity contribution is 0.0503. The Morgan fingerprint density at radius 3 is 2.67 bits per heavy atom. The van der Waals surface area contributed by atoms with E-state index in [9.17, 15) is 4.79 Å².